The van der Waals surface area contributed by atoms with Crippen LogP contribution in [0.25, 0.3) is 0 Å². The largest absolute Gasteiger partial charge is 0.393 e. The van der Waals surface area contributed by atoms with Crippen LogP contribution in [0.2, 0.25) is 0 Å². The van der Waals surface area contributed by atoms with Gasteiger partial charge in [-0.2, -0.15) is 0 Å². The molecule has 1 unspecified atom stereocenters. The van der Waals surface area contributed by atoms with Gasteiger partial charge in [-0.15, -0.1) is 0 Å². The summed E-state index contributed by atoms with van der Waals surface area (Å²) in [5, 5.41) is 21.2. The van der Waals surface area contributed by atoms with Crippen molar-refractivity contribution in [1.29, 1.82) is 0 Å². The van der Waals surface area contributed by atoms with E-state index in [1.807, 2.05) is 0 Å². The van der Waals surface area contributed by atoms with Crippen molar-refractivity contribution in [2.24, 2.45) is 34.5 Å². The summed E-state index contributed by atoms with van der Waals surface area (Å²) in [4.78, 5) is 11.9. The second-order valence-electron chi connectivity index (χ2n) is 9.17. The molecule has 124 valence electrons. The number of fused-ring (bicyclic) bond motifs is 5. The summed E-state index contributed by atoms with van der Waals surface area (Å²) < 4.78 is 0. The smallest absolute Gasteiger partial charge is 0.133 e. The summed E-state index contributed by atoms with van der Waals surface area (Å²) in [6.45, 7) is 4.62. The van der Waals surface area contributed by atoms with Crippen LogP contribution in [0, 0.1) is 34.5 Å². The van der Waals surface area contributed by atoms with E-state index in [1.165, 1.54) is 6.42 Å². The molecule has 8 atom stereocenters. The molecule has 4 rings (SSSR count). The average Bonchev–Trinajstić information content (AvgIpc) is 2.77. The van der Waals surface area contributed by atoms with Crippen molar-refractivity contribution in [2.45, 2.75) is 77.4 Å². The zero-order valence-electron chi connectivity index (χ0n) is 13.9. The van der Waals surface area contributed by atoms with Crippen LogP contribution >= 0.6 is 0 Å². The summed E-state index contributed by atoms with van der Waals surface area (Å²) in [7, 11) is 0. The zero-order chi connectivity index (χ0) is 15.7. The fourth-order valence-electron chi connectivity index (χ4n) is 7.06. The summed E-state index contributed by atoms with van der Waals surface area (Å²) in [5.41, 5.74) is 0.194. The molecule has 22 heavy (non-hydrogen) atoms. The van der Waals surface area contributed by atoms with Crippen LogP contribution in [0.5, 0.6) is 0 Å². The first kappa shape index (κ1) is 15.1. The van der Waals surface area contributed by atoms with E-state index in [2.05, 4.69) is 13.8 Å². The van der Waals surface area contributed by atoms with Gasteiger partial charge in [-0.1, -0.05) is 13.8 Å². The standard InChI is InChI=1S/C19H30O3/c1-18-7-5-11(20)9-15(18)16(21)10-12-13-3-4-17(22)19(13,2)8-6-14(12)18/h12-17,21-22H,3-10H2,1-2H3/t12-,13-,14-,15?,16-,17-,18+,19-/m0/s1. The monoisotopic (exact) mass is 306 g/mol. The van der Waals surface area contributed by atoms with Gasteiger partial charge >= 0.3 is 0 Å². The maximum Gasteiger partial charge on any atom is 0.133 e. The molecule has 2 N–H and O–H groups in total. The van der Waals surface area contributed by atoms with Gasteiger partial charge in [0.05, 0.1) is 12.2 Å². The van der Waals surface area contributed by atoms with Crippen molar-refractivity contribution in [3.8, 4) is 0 Å². The van der Waals surface area contributed by atoms with E-state index in [0.717, 1.165) is 32.1 Å². The van der Waals surface area contributed by atoms with E-state index in [0.29, 0.717) is 36.4 Å². The zero-order valence-corrected chi connectivity index (χ0v) is 13.9. The maximum atomic E-state index is 11.9. The number of hydrogen-bond donors (Lipinski definition) is 2. The van der Waals surface area contributed by atoms with Crippen LogP contribution < -0.4 is 0 Å². The highest BCUT2D eigenvalue weighted by Crippen LogP contribution is 2.65. The first-order chi connectivity index (χ1) is 10.4. The Kier molecular flexibility index (Phi) is 3.30. The highest BCUT2D eigenvalue weighted by Gasteiger charge is 2.61. The molecule has 0 aliphatic heterocycles. The van der Waals surface area contributed by atoms with Crippen molar-refractivity contribution in [1.82, 2.24) is 0 Å². The summed E-state index contributed by atoms with van der Waals surface area (Å²) >= 11 is 0. The maximum absolute atomic E-state index is 11.9. The molecule has 0 aromatic carbocycles. The molecule has 0 radical (unpaired) electrons. The summed E-state index contributed by atoms with van der Waals surface area (Å²) in [5.74, 6) is 2.26. The summed E-state index contributed by atoms with van der Waals surface area (Å²) in [6.07, 6.45) is 6.95. The molecule has 0 aromatic heterocycles. The first-order valence-corrected chi connectivity index (χ1v) is 9.24. The Morgan fingerprint density at radius 2 is 1.68 bits per heavy atom. The lowest BCUT2D eigenvalue weighted by molar-refractivity contribution is -0.168. The lowest BCUT2D eigenvalue weighted by Crippen LogP contribution is -2.58. The lowest BCUT2D eigenvalue weighted by atomic mass is 9.44. The van der Waals surface area contributed by atoms with Crippen LogP contribution in [0.15, 0.2) is 0 Å². The SMILES string of the molecule is C[C@]12CC[C@H]3[C@@H](C[C@H](O)C4CC(=O)CC[C@@]43C)[C@@H]1CC[C@@H]2O. The molecule has 4 saturated carbocycles. The Hall–Kier alpha value is -0.410. The fraction of sp³-hybridized carbons (Fsp3) is 0.947. The fourth-order valence-corrected chi connectivity index (χ4v) is 7.06. The van der Waals surface area contributed by atoms with Crippen LogP contribution in [0.4, 0.5) is 0 Å². The van der Waals surface area contributed by atoms with E-state index >= 15 is 0 Å². The van der Waals surface area contributed by atoms with Crippen molar-refractivity contribution in [2.75, 3.05) is 0 Å². The number of aliphatic hydroxyl groups excluding tert-OH is 2. The lowest BCUT2D eigenvalue weighted by Gasteiger charge is -2.61. The van der Waals surface area contributed by atoms with E-state index in [9.17, 15) is 15.0 Å². The second-order valence-corrected chi connectivity index (χ2v) is 9.17. The third kappa shape index (κ3) is 1.84. The van der Waals surface area contributed by atoms with Gasteiger partial charge in [0, 0.05) is 12.8 Å². The topological polar surface area (TPSA) is 57.5 Å². The Labute approximate surface area is 133 Å². The number of rotatable bonds is 0. The molecular weight excluding hydrogens is 276 g/mol. The molecule has 0 amide bonds. The van der Waals surface area contributed by atoms with E-state index < -0.39 is 0 Å². The molecule has 0 saturated heterocycles. The van der Waals surface area contributed by atoms with Gasteiger partial charge in [0.1, 0.15) is 5.78 Å². The average molecular weight is 306 g/mol. The molecule has 0 spiro atoms. The predicted octanol–water partition coefficient (Wildman–Crippen LogP) is 2.93. The van der Waals surface area contributed by atoms with Gasteiger partial charge < -0.3 is 10.2 Å². The molecule has 4 fully saturated rings. The molecule has 0 aromatic rings. The van der Waals surface area contributed by atoms with Crippen LogP contribution in [-0.4, -0.2) is 28.2 Å². The number of aliphatic hydroxyl groups is 2. The molecule has 0 heterocycles. The minimum Gasteiger partial charge on any atom is -0.393 e. The van der Waals surface area contributed by atoms with E-state index in [-0.39, 0.29) is 29.0 Å². The van der Waals surface area contributed by atoms with Crippen LogP contribution in [-0.2, 0) is 4.79 Å². The first-order valence-electron chi connectivity index (χ1n) is 9.24. The predicted molar refractivity (Wildman–Crippen MR) is 84.1 cm³/mol. The quantitative estimate of drug-likeness (QED) is 0.723. The van der Waals surface area contributed by atoms with E-state index in [4.69, 9.17) is 0 Å². The van der Waals surface area contributed by atoms with Gasteiger partial charge in [-0.3, -0.25) is 4.79 Å². The molecular formula is C19H30O3. The number of Topliss-reactive ketones (excluding diaryl/α,β-unsaturated/α-hetero) is 1. The van der Waals surface area contributed by atoms with Crippen molar-refractivity contribution < 1.29 is 15.0 Å². The second kappa shape index (κ2) is 4.80. The number of carbonyl (C=O) groups is 1. The van der Waals surface area contributed by atoms with Crippen molar-refractivity contribution in [3.05, 3.63) is 0 Å². The number of carbonyl (C=O) groups excluding carboxylic acids is 1. The third-order valence-electron chi connectivity index (χ3n) is 8.45. The minimum atomic E-state index is -0.324. The highest BCUT2D eigenvalue weighted by atomic mass is 16.3. The summed E-state index contributed by atoms with van der Waals surface area (Å²) in [6, 6.07) is 0. The third-order valence-corrected chi connectivity index (χ3v) is 8.45. The van der Waals surface area contributed by atoms with E-state index in [1.54, 1.807) is 0 Å². The van der Waals surface area contributed by atoms with Crippen LogP contribution in [0.3, 0.4) is 0 Å². The molecule has 4 aliphatic carbocycles. The van der Waals surface area contributed by atoms with Crippen molar-refractivity contribution >= 4 is 5.78 Å². The Bertz CT molecular complexity index is 489. The number of hydrogen-bond acceptors (Lipinski definition) is 3. The van der Waals surface area contributed by atoms with Gasteiger partial charge in [0.25, 0.3) is 0 Å². The van der Waals surface area contributed by atoms with Gasteiger partial charge in [-0.05, 0) is 73.0 Å². The molecule has 0 bridgehead atoms. The molecule has 3 heteroatoms. The molecule has 3 nitrogen and oxygen atoms in total. The van der Waals surface area contributed by atoms with Gasteiger partial charge in [0.15, 0.2) is 0 Å². The van der Waals surface area contributed by atoms with Crippen molar-refractivity contribution in [3.63, 3.8) is 0 Å². The normalized spacial score (nSPS) is 57.9. The van der Waals surface area contributed by atoms with Gasteiger partial charge in [-0.25, -0.2) is 0 Å². The molecule has 4 aliphatic rings. The van der Waals surface area contributed by atoms with Crippen LogP contribution in [0.1, 0.15) is 65.2 Å². The number of ketones is 1. The Balaban J connectivity index is 1.68. The Morgan fingerprint density at radius 1 is 0.955 bits per heavy atom. The minimum absolute atomic E-state index is 0.0641. The Morgan fingerprint density at radius 3 is 2.45 bits per heavy atom. The highest BCUT2D eigenvalue weighted by molar-refractivity contribution is 5.79. The van der Waals surface area contributed by atoms with Gasteiger partial charge in [0.2, 0.25) is 0 Å².